The maximum atomic E-state index is 12.2. The number of amides is 1. The lowest BCUT2D eigenvalue weighted by molar-refractivity contribution is -0.114. The van der Waals surface area contributed by atoms with Gasteiger partial charge >= 0.3 is 0 Å². The Morgan fingerprint density at radius 1 is 1.25 bits per heavy atom. The number of hydrogen-bond acceptors (Lipinski definition) is 5. The molecule has 0 radical (unpaired) electrons. The van der Waals surface area contributed by atoms with Gasteiger partial charge < -0.3 is 9.73 Å². The van der Waals surface area contributed by atoms with Crippen LogP contribution in [0.2, 0.25) is 0 Å². The first kappa shape index (κ1) is 15.9. The fraction of sp³-hybridized carbons (Fsp3) is 0.0556. The van der Waals surface area contributed by atoms with Gasteiger partial charge in [-0.15, -0.1) is 11.3 Å². The van der Waals surface area contributed by atoms with Crippen LogP contribution in [0.3, 0.4) is 0 Å². The average molecular weight is 338 g/mol. The van der Waals surface area contributed by atoms with Gasteiger partial charge in [-0.1, -0.05) is 12.1 Å². The summed E-state index contributed by atoms with van der Waals surface area (Å²) in [6, 6.07) is 10.4. The standard InChI is InChI=1S/C18H14N2O3S/c1-12(21)19-14-5-2-4-13(10-14)16(22)8-7-15-11-24-18(20-15)17-6-3-9-23-17/h2-11H,1H3,(H,19,21)/b8-7+. The number of ketones is 1. The van der Waals surface area contributed by atoms with Crippen molar-refractivity contribution in [2.45, 2.75) is 6.92 Å². The predicted molar refractivity (Wildman–Crippen MR) is 93.9 cm³/mol. The third-order valence-electron chi connectivity index (χ3n) is 3.13. The zero-order valence-corrected chi connectivity index (χ0v) is 13.7. The molecule has 0 bridgehead atoms. The van der Waals surface area contributed by atoms with Crippen molar-refractivity contribution >= 4 is 34.8 Å². The van der Waals surface area contributed by atoms with E-state index in [-0.39, 0.29) is 11.7 Å². The van der Waals surface area contributed by atoms with Crippen LogP contribution >= 0.6 is 11.3 Å². The lowest BCUT2D eigenvalue weighted by Gasteiger charge is -2.03. The quantitative estimate of drug-likeness (QED) is 0.557. The Balaban J connectivity index is 1.72. The molecule has 2 heterocycles. The highest BCUT2D eigenvalue weighted by atomic mass is 32.1. The summed E-state index contributed by atoms with van der Waals surface area (Å²) in [6.45, 7) is 1.42. The van der Waals surface area contributed by atoms with Gasteiger partial charge in [0, 0.05) is 23.6 Å². The summed E-state index contributed by atoms with van der Waals surface area (Å²) < 4.78 is 5.30. The molecule has 1 amide bonds. The average Bonchev–Trinajstić information content (AvgIpc) is 3.23. The highest BCUT2D eigenvalue weighted by Crippen LogP contribution is 2.24. The molecule has 1 aromatic carbocycles. The first-order valence-corrected chi connectivity index (χ1v) is 8.09. The molecule has 0 saturated carbocycles. The Bertz CT molecular complexity index is 895. The topological polar surface area (TPSA) is 72.2 Å². The minimum atomic E-state index is -0.178. The van der Waals surface area contributed by atoms with Gasteiger partial charge in [0.05, 0.1) is 12.0 Å². The van der Waals surface area contributed by atoms with Crippen molar-refractivity contribution in [3.8, 4) is 10.8 Å². The summed E-state index contributed by atoms with van der Waals surface area (Å²) >= 11 is 1.45. The predicted octanol–water partition coefficient (Wildman–Crippen LogP) is 4.26. The second-order valence-corrected chi connectivity index (χ2v) is 5.87. The number of hydrogen-bond donors (Lipinski definition) is 1. The van der Waals surface area contributed by atoms with Crippen LogP contribution < -0.4 is 5.32 Å². The van der Waals surface area contributed by atoms with E-state index in [0.29, 0.717) is 22.7 Å². The molecule has 0 aliphatic rings. The second-order valence-electron chi connectivity index (χ2n) is 5.01. The molecule has 0 saturated heterocycles. The monoisotopic (exact) mass is 338 g/mol. The Labute approximate surface area is 142 Å². The van der Waals surface area contributed by atoms with E-state index in [1.165, 1.54) is 24.3 Å². The summed E-state index contributed by atoms with van der Waals surface area (Å²) in [5.74, 6) is 0.367. The third kappa shape index (κ3) is 3.85. The SMILES string of the molecule is CC(=O)Nc1cccc(C(=O)/C=C/c2csc(-c3ccco3)n2)c1. The van der Waals surface area contributed by atoms with Crippen LogP contribution in [0.15, 0.2) is 58.5 Å². The molecular weight excluding hydrogens is 324 g/mol. The van der Waals surface area contributed by atoms with Crippen LogP contribution in [0.4, 0.5) is 5.69 Å². The van der Waals surface area contributed by atoms with E-state index in [0.717, 1.165) is 5.01 Å². The van der Waals surface area contributed by atoms with Crippen LogP contribution in [-0.4, -0.2) is 16.7 Å². The molecule has 0 aliphatic heterocycles. The Kier molecular flexibility index (Phi) is 4.67. The molecule has 2 aromatic heterocycles. The number of carbonyl (C=O) groups is 2. The number of aromatic nitrogens is 1. The minimum Gasteiger partial charge on any atom is -0.462 e. The highest BCUT2D eigenvalue weighted by molar-refractivity contribution is 7.13. The molecule has 5 nitrogen and oxygen atoms in total. The van der Waals surface area contributed by atoms with Crippen LogP contribution in [-0.2, 0) is 4.79 Å². The van der Waals surface area contributed by atoms with E-state index in [1.807, 2.05) is 11.4 Å². The van der Waals surface area contributed by atoms with Crippen molar-refractivity contribution in [2.75, 3.05) is 5.32 Å². The first-order valence-electron chi connectivity index (χ1n) is 7.21. The van der Waals surface area contributed by atoms with Crippen molar-refractivity contribution in [2.24, 2.45) is 0 Å². The van der Waals surface area contributed by atoms with Gasteiger partial charge in [0.1, 0.15) is 0 Å². The molecule has 0 unspecified atom stereocenters. The molecule has 6 heteroatoms. The number of furan rings is 1. The Morgan fingerprint density at radius 2 is 2.12 bits per heavy atom. The molecule has 0 fully saturated rings. The molecule has 3 rings (SSSR count). The smallest absolute Gasteiger partial charge is 0.221 e. The van der Waals surface area contributed by atoms with Crippen molar-refractivity contribution in [1.29, 1.82) is 0 Å². The van der Waals surface area contributed by atoms with Crippen molar-refractivity contribution in [3.05, 3.63) is 65.4 Å². The zero-order valence-electron chi connectivity index (χ0n) is 12.9. The van der Waals surface area contributed by atoms with E-state index >= 15 is 0 Å². The lowest BCUT2D eigenvalue weighted by Crippen LogP contribution is -2.06. The van der Waals surface area contributed by atoms with Crippen LogP contribution in [0.5, 0.6) is 0 Å². The fourth-order valence-electron chi connectivity index (χ4n) is 2.09. The Morgan fingerprint density at radius 3 is 2.88 bits per heavy atom. The molecule has 3 aromatic rings. The number of nitrogens with zero attached hydrogens (tertiary/aromatic N) is 1. The summed E-state index contributed by atoms with van der Waals surface area (Å²) in [5.41, 5.74) is 1.78. The summed E-state index contributed by atoms with van der Waals surface area (Å²) in [5, 5.41) is 5.28. The number of nitrogens with one attached hydrogen (secondary N) is 1. The maximum absolute atomic E-state index is 12.2. The normalized spacial score (nSPS) is 10.9. The van der Waals surface area contributed by atoms with E-state index in [2.05, 4.69) is 10.3 Å². The number of benzene rings is 1. The Hall–Kier alpha value is -2.99. The molecule has 1 N–H and O–H groups in total. The highest BCUT2D eigenvalue weighted by Gasteiger charge is 2.07. The number of anilines is 1. The van der Waals surface area contributed by atoms with Crippen molar-refractivity contribution in [1.82, 2.24) is 4.98 Å². The van der Waals surface area contributed by atoms with Gasteiger partial charge in [0.2, 0.25) is 5.91 Å². The fourth-order valence-corrected chi connectivity index (χ4v) is 2.84. The number of carbonyl (C=O) groups excluding carboxylic acids is 2. The largest absolute Gasteiger partial charge is 0.462 e. The van der Waals surface area contributed by atoms with E-state index in [1.54, 1.807) is 42.7 Å². The summed E-state index contributed by atoms with van der Waals surface area (Å²) in [7, 11) is 0. The summed E-state index contributed by atoms with van der Waals surface area (Å²) in [4.78, 5) is 27.7. The van der Waals surface area contributed by atoms with Gasteiger partial charge in [-0.25, -0.2) is 4.98 Å². The molecule has 0 spiro atoms. The molecule has 24 heavy (non-hydrogen) atoms. The van der Waals surface area contributed by atoms with E-state index in [4.69, 9.17) is 4.42 Å². The van der Waals surface area contributed by atoms with Gasteiger partial charge in [-0.05, 0) is 36.4 Å². The second kappa shape index (κ2) is 7.06. The van der Waals surface area contributed by atoms with Gasteiger partial charge in [-0.2, -0.15) is 0 Å². The lowest BCUT2D eigenvalue weighted by atomic mass is 10.1. The molecule has 0 aliphatic carbocycles. The van der Waals surface area contributed by atoms with E-state index in [9.17, 15) is 9.59 Å². The minimum absolute atomic E-state index is 0.158. The van der Waals surface area contributed by atoms with Gasteiger partial charge in [-0.3, -0.25) is 9.59 Å². The van der Waals surface area contributed by atoms with Crippen LogP contribution in [0, 0.1) is 0 Å². The summed E-state index contributed by atoms with van der Waals surface area (Å²) in [6.07, 6.45) is 4.72. The number of allylic oxidation sites excluding steroid dienone is 1. The zero-order chi connectivity index (χ0) is 16.9. The van der Waals surface area contributed by atoms with Gasteiger partial charge in [0.25, 0.3) is 0 Å². The van der Waals surface area contributed by atoms with E-state index < -0.39 is 0 Å². The molecular formula is C18H14N2O3S. The number of rotatable bonds is 5. The number of thiazole rings is 1. The van der Waals surface area contributed by atoms with Gasteiger partial charge in [0.15, 0.2) is 16.6 Å². The van der Waals surface area contributed by atoms with Crippen LogP contribution in [0.25, 0.3) is 16.8 Å². The third-order valence-corrected chi connectivity index (χ3v) is 4.00. The molecule has 120 valence electrons. The van der Waals surface area contributed by atoms with Crippen molar-refractivity contribution < 1.29 is 14.0 Å². The first-order chi connectivity index (χ1) is 11.6. The molecule has 0 atom stereocenters. The van der Waals surface area contributed by atoms with Crippen LogP contribution in [0.1, 0.15) is 23.0 Å². The maximum Gasteiger partial charge on any atom is 0.221 e. The van der Waals surface area contributed by atoms with Crippen molar-refractivity contribution in [3.63, 3.8) is 0 Å².